The molecule has 0 bridgehead atoms. The number of aryl methyl sites for hydroxylation is 3. The minimum Gasteiger partial charge on any atom is -0.512 e. The number of halogens is 1. The fraction of sp³-hybridized carbons (Fsp3) is 0.636. The van der Waals surface area contributed by atoms with Gasteiger partial charge < -0.3 is 19.5 Å². The third-order valence-electron chi connectivity index (χ3n) is 9.32. The molecule has 2 aromatic rings. The Balaban J connectivity index is 1.40. The Labute approximate surface area is 243 Å². The second-order valence-electron chi connectivity index (χ2n) is 13.2. The van der Waals surface area contributed by atoms with E-state index in [2.05, 4.69) is 10.00 Å². The van der Waals surface area contributed by atoms with E-state index in [9.17, 15) is 14.3 Å². The van der Waals surface area contributed by atoms with E-state index in [0.29, 0.717) is 37.0 Å². The number of anilines is 1. The van der Waals surface area contributed by atoms with Crippen LogP contribution in [0.4, 0.5) is 10.2 Å². The van der Waals surface area contributed by atoms with Gasteiger partial charge in [0, 0.05) is 45.1 Å². The molecule has 224 valence electrons. The lowest BCUT2D eigenvalue weighted by Crippen LogP contribution is -2.46. The summed E-state index contributed by atoms with van der Waals surface area (Å²) in [5, 5.41) is 16.1. The number of rotatable bonds is 7. The number of carbonyl (C=O) groups excluding carboxylic acids is 1. The molecule has 3 aliphatic rings. The second-order valence-corrected chi connectivity index (χ2v) is 13.2. The van der Waals surface area contributed by atoms with Crippen LogP contribution in [0.1, 0.15) is 88.1 Å². The van der Waals surface area contributed by atoms with Gasteiger partial charge in [-0.1, -0.05) is 45.7 Å². The molecule has 5 rings (SSSR count). The monoisotopic (exact) mass is 567 g/mol. The molecule has 1 unspecified atom stereocenters. The van der Waals surface area contributed by atoms with E-state index in [-0.39, 0.29) is 29.3 Å². The summed E-state index contributed by atoms with van der Waals surface area (Å²) >= 11 is 0. The van der Waals surface area contributed by atoms with E-state index in [0.717, 1.165) is 74.4 Å². The predicted octanol–water partition coefficient (Wildman–Crippen LogP) is 6.26. The number of aliphatic hydroxyl groups is 1. The largest absolute Gasteiger partial charge is 0.512 e. The van der Waals surface area contributed by atoms with Crippen molar-refractivity contribution in [1.29, 1.82) is 0 Å². The molecule has 2 fully saturated rings. The summed E-state index contributed by atoms with van der Waals surface area (Å²) in [5.74, 6) is 0.629. The van der Waals surface area contributed by atoms with Crippen LogP contribution in [0.3, 0.4) is 0 Å². The van der Waals surface area contributed by atoms with Gasteiger partial charge in [0.2, 0.25) is 0 Å². The summed E-state index contributed by atoms with van der Waals surface area (Å²) < 4.78 is 28.9. The van der Waals surface area contributed by atoms with Crippen molar-refractivity contribution in [3.8, 4) is 0 Å². The molecule has 0 spiro atoms. The topological polar surface area (TPSA) is 76.8 Å². The van der Waals surface area contributed by atoms with Crippen molar-refractivity contribution in [2.75, 3.05) is 31.2 Å². The van der Waals surface area contributed by atoms with Crippen molar-refractivity contribution < 1.29 is 23.8 Å². The maximum absolute atomic E-state index is 15.0. The van der Waals surface area contributed by atoms with Gasteiger partial charge in [-0.3, -0.25) is 4.68 Å². The van der Waals surface area contributed by atoms with Crippen molar-refractivity contribution in [3.63, 3.8) is 0 Å². The standard InChI is InChI=1S/C33H46FN3O4/c1-22-25(30(36(5)35-22)37-15-8-17-40-18-16-37)20-26-29(38)21-33(41-31(26)39,24-9-6-7-10-24)14-13-23-11-12-27(28(34)19-23)32(2,3)4/h11-12,19,24,38H,6-10,13-18,20-21H2,1-5H3. The molecular weight excluding hydrogens is 521 g/mol. The van der Waals surface area contributed by atoms with Crippen molar-refractivity contribution >= 4 is 11.8 Å². The highest BCUT2D eigenvalue weighted by atomic mass is 19.1. The molecule has 1 aliphatic carbocycles. The quantitative estimate of drug-likeness (QED) is 0.398. The molecule has 7 nitrogen and oxygen atoms in total. The SMILES string of the molecule is Cc1nn(C)c(N2CCCOCC2)c1CC1=C(O)CC(CCc2ccc(C(C)(C)C)c(F)c2)(C2CCCC2)OC1=O. The molecule has 1 aromatic heterocycles. The minimum atomic E-state index is -0.782. The van der Waals surface area contributed by atoms with E-state index in [4.69, 9.17) is 9.47 Å². The predicted molar refractivity (Wildman–Crippen MR) is 158 cm³/mol. The summed E-state index contributed by atoms with van der Waals surface area (Å²) in [6.07, 6.45) is 6.75. The number of cyclic esters (lactones) is 1. The van der Waals surface area contributed by atoms with Gasteiger partial charge in [0.05, 0.1) is 17.9 Å². The molecule has 3 heterocycles. The lowest BCUT2D eigenvalue weighted by Gasteiger charge is -2.42. The number of nitrogens with zero attached hydrogens (tertiary/aromatic N) is 3. The van der Waals surface area contributed by atoms with Crippen molar-refractivity contribution in [1.82, 2.24) is 9.78 Å². The highest BCUT2D eigenvalue weighted by molar-refractivity contribution is 5.91. The summed E-state index contributed by atoms with van der Waals surface area (Å²) in [7, 11) is 1.92. The average molecular weight is 568 g/mol. The maximum atomic E-state index is 15.0. The number of hydrogen-bond donors (Lipinski definition) is 1. The fourth-order valence-corrected chi connectivity index (χ4v) is 7.09. The van der Waals surface area contributed by atoms with E-state index in [1.165, 1.54) is 0 Å². The first-order chi connectivity index (χ1) is 19.5. The minimum absolute atomic E-state index is 0.121. The summed E-state index contributed by atoms with van der Waals surface area (Å²) in [5.41, 5.74) is 2.63. The number of carbonyl (C=O) groups is 1. The lowest BCUT2D eigenvalue weighted by atomic mass is 9.76. The van der Waals surface area contributed by atoms with Crippen LogP contribution in [0.15, 0.2) is 29.5 Å². The van der Waals surface area contributed by atoms with Gasteiger partial charge >= 0.3 is 5.97 Å². The second kappa shape index (κ2) is 11.8. The van der Waals surface area contributed by atoms with Gasteiger partial charge in [-0.15, -0.1) is 0 Å². The fourth-order valence-electron chi connectivity index (χ4n) is 7.09. The Morgan fingerprint density at radius 1 is 1.15 bits per heavy atom. The first kappa shape index (κ1) is 29.6. The van der Waals surface area contributed by atoms with Crippen LogP contribution in [-0.4, -0.2) is 52.8 Å². The first-order valence-electron chi connectivity index (χ1n) is 15.3. The Hall–Kier alpha value is -2.87. The molecule has 0 radical (unpaired) electrons. The van der Waals surface area contributed by atoms with Gasteiger partial charge in [0.15, 0.2) is 0 Å². The van der Waals surface area contributed by atoms with Gasteiger partial charge in [-0.2, -0.15) is 5.10 Å². The van der Waals surface area contributed by atoms with E-state index in [1.54, 1.807) is 6.07 Å². The van der Waals surface area contributed by atoms with Crippen LogP contribution in [0, 0.1) is 18.7 Å². The Morgan fingerprint density at radius 3 is 2.59 bits per heavy atom. The van der Waals surface area contributed by atoms with Gasteiger partial charge in [0.25, 0.3) is 0 Å². The van der Waals surface area contributed by atoms with Gasteiger partial charge in [-0.25, -0.2) is 9.18 Å². The van der Waals surface area contributed by atoms with Crippen molar-refractivity contribution in [2.45, 2.75) is 96.5 Å². The van der Waals surface area contributed by atoms with Crippen LogP contribution in [-0.2, 0) is 39.6 Å². The average Bonchev–Trinajstić information content (AvgIpc) is 3.44. The van der Waals surface area contributed by atoms with Crippen LogP contribution in [0.2, 0.25) is 0 Å². The van der Waals surface area contributed by atoms with Gasteiger partial charge in [0.1, 0.15) is 23.0 Å². The van der Waals surface area contributed by atoms with Crippen LogP contribution < -0.4 is 4.90 Å². The van der Waals surface area contributed by atoms with Crippen LogP contribution in [0.25, 0.3) is 0 Å². The summed E-state index contributed by atoms with van der Waals surface area (Å²) in [4.78, 5) is 16.0. The van der Waals surface area contributed by atoms with Gasteiger partial charge in [-0.05, 0) is 67.6 Å². The molecule has 2 aliphatic heterocycles. The third kappa shape index (κ3) is 6.18. The molecular formula is C33H46FN3O4. The Kier molecular flexibility index (Phi) is 8.51. The zero-order valence-corrected chi connectivity index (χ0v) is 25.4. The Bertz CT molecular complexity index is 1300. The molecule has 41 heavy (non-hydrogen) atoms. The Morgan fingerprint density at radius 2 is 1.90 bits per heavy atom. The number of ether oxygens (including phenoxy) is 2. The first-order valence-corrected chi connectivity index (χ1v) is 15.3. The zero-order chi connectivity index (χ0) is 29.4. The molecule has 1 atom stereocenters. The van der Waals surface area contributed by atoms with E-state index < -0.39 is 11.6 Å². The highest BCUT2D eigenvalue weighted by Crippen LogP contribution is 2.46. The number of benzene rings is 1. The zero-order valence-electron chi connectivity index (χ0n) is 25.4. The normalized spacial score (nSPS) is 22.8. The number of aliphatic hydroxyl groups excluding tert-OH is 1. The summed E-state index contributed by atoms with van der Waals surface area (Å²) in [6.45, 7) is 11.0. The van der Waals surface area contributed by atoms with Crippen molar-refractivity contribution in [2.24, 2.45) is 13.0 Å². The van der Waals surface area contributed by atoms with E-state index >= 15 is 0 Å². The van der Waals surface area contributed by atoms with E-state index in [1.807, 2.05) is 51.6 Å². The number of hydrogen-bond acceptors (Lipinski definition) is 6. The van der Waals surface area contributed by atoms with Crippen LogP contribution in [0.5, 0.6) is 0 Å². The molecule has 0 amide bonds. The molecule has 1 saturated carbocycles. The molecule has 1 aromatic carbocycles. The van der Waals surface area contributed by atoms with Crippen molar-refractivity contribution in [3.05, 3.63) is 57.7 Å². The molecule has 8 heteroatoms. The van der Waals surface area contributed by atoms with Crippen LogP contribution >= 0.6 is 0 Å². The molecule has 1 saturated heterocycles. The number of aromatic nitrogens is 2. The highest BCUT2D eigenvalue weighted by Gasteiger charge is 2.48. The molecule has 1 N–H and O–H groups in total. The third-order valence-corrected chi connectivity index (χ3v) is 9.32. The maximum Gasteiger partial charge on any atom is 0.338 e. The summed E-state index contributed by atoms with van der Waals surface area (Å²) in [6, 6.07) is 5.48. The lowest BCUT2D eigenvalue weighted by molar-refractivity contribution is -0.167. The smallest absolute Gasteiger partial charge is 0.338 e. The number of esters is 1.